The SMILES string of the molecule is COc1ncccc1CN1C[C@@H]2CN(c3ncccn3)C[C@@H]2C1. The fourth-order valence-corrected chi connectivity index (χ4v) is 3.81. The van der Waals surface area contributed by atoms with Crippen LogP contribution in [0.15, 0.2) is 36.8 Å². The van der Waals surface area contributed by atoms with Gasteiger partial charge >= 0.3 is 0 Å². The van der Waals surface area contributed by atoms with Gasteiger partial charge in [0.15, 0.2) is 0 Å². The Balaban J connectivity index is 1.39. The van der Waals surface area contributed by atoms with Gasteiger partial charge in [0.25, 0.3) is 0 Å². The highest BCUT2D eigenvalue weighted by Crippen LogP contribution is 2.33. The van der Waals surface area contributed by atoms with Gasteiger partial charge in [-0.1, -0.05) is 6.07 Å². The molecule has 23 heavy (non-hydrogen) atoms. The molecule has 0 saturated carbocycles. The predicted octanol–water partition coefficient (Wildman–Crippen LogP) is 1.45. The summed E-state index contributed by atoms with van der Waals surface area (Å²) in [6, 6.07) is 5.94. The van der Waals surface area contributed by atoms with E-state index < -0.39 is 0 Å². The van der Waals surface area contributed by atoms with Crippen molar-refractivity contribution in [2.24, 2.45) is 11.8 Å². The molecule has 0 bridgehead atoms. The van der Waals surface area contributed by atoms with E-state index in [9.17, 15) is 0 Å². The fraction of sp³-hybridized carbons (Fsp3) is 0.471. The Bertz CT molecular complexity index is 651. The number of rotatable bonds is 4. The molecule has 2 atom stereocenters. The molecule has 2 aliphatic rings. The van der Waals surface area contributed by atoms with Crippen LogP contribution in [-0.2, 0) is 6.54 Å². The number of hydrogen-bond donors (Lipinski definition) is 0. The fourth-order valence-electron chi connectivity index (χ4n) is 3.81. The van der Waals surface area contributed by atoms with E-state index in [1.54, 1.807) is 13.3 Å². The summed E-state index contributed by atoms with van der Waals surface area (Å²) in [6.07, 6.45) is 5.41. The molecule has 0 spiro atoms. The molecule has 6 nitrogen and oxygen atoms in total. The molecule has 0 aliphatic carbocycles. The summed E-state index contributed by atoms with van der Waals surface area (Å²) in [7, 11) is 1.68. The van der Waals surface area contributed by atoms with Crippen LogP contribution in [0.5, 0.6) is 5.88 Å². The molecule has 0 aromatic carbocycles. The molecule has 0 radical (unpaired) electrons. The normalized spacial score (nSPS) is 24.0. The maximum absolute atomic E-state index is 5.36. The number of fused-ring (bicyclic) bond motifs is 1. The third-order valence-corrected chi connectivity index (χ3v) is 4.83. The van der Waals surface area contributed by atoms with E-state index in [-0.39, 0.29) is 0 Å². The number of pyridine rings is 1. The first-order valence-electron chi connectivity index (χ1n) is 8.05. The summed E-state index contributed by atoms with van der Waals surface area (Å²) < 4.78 is 5.36. The van der Waals surface area contributed by atoms with Gasteiger partial charge in [0.1, 0.15) is 0 Å². The van der Waals surface area contributed by atoms with Crippen molar-refractivity contribution in [3.63, 3.8) is 0 Å². The van der Waals surface area contributed by atoms with E-state index in [2.05, 4.69) is 30.8 Å². The van der Waals surface area contributed by atoms with E-state index in [1.807, 2.05) is 24.5 Å². The zero-order chi connectivity index (χ0) is 15.6. The maximum atomic E-state index is 5.36. The first-order chi connectivity index (χ1) is 11.3. The molecular formula is C17H21N5O. The number of anilines is 1. The highest BCUT2D eigenvalue weighted by atomic mass is 16.5. The lowest BCUT2D eigenvalue weighted by Crippen LogP contribution is -2.29. The standard InChI is InChI=1S/C17H21N5O/c1-23-16-13(4-2-5-18-16)8-21-9-14-11-22(12-15(14)10-21)17-19-6-3-7-20-17/h2-7,14-15H,8-12H2,1H3/t14-,15+. The maximum Gasteiger partial charge on any atom is 0.225 e. The van der Waals surface area contributed by atoms with Gasteiger partial charge < -0.3 is 9.64 Å². The van der Waals surface area contributed by atoms with Gasteiger partial charge in [-0.3, -0.25) is 4.90 Å². The van der Waals surface area contributed by atoms with Crippen LogP contribution in [0, 0.1) is 11.8 Å². The van der Waals surface area contributed by atoms with E-state index in [1.165, 1.54) is 5.56 Å². The molecule has 2 aliphatic heterocycles. The van der Waals surface area contributed by atoms with Crippen LogP contribution in [0.2, 0.25) is 0 Å². The highest BCUT2D eigenvalue weighted by molar-refractivity contribution is 5.32. The van der Waals surface area contributed by atoms with Crippen LogP contribution >= 0.6 is 0 Å². The topological polar surface area (TPSA) is 54.4 Å². The minimum Gasteiger partial charge on any atom is -0.481 e. The average molecular weight is 311 g/mol. The van der Waals surface area contributed by atoms with Crippen LogP contribution in [0.25, 0.3) is 0 Å². The van der Waals surface area contributed by atoms with Crippen molar-refractivity contribution in [1.82, 2.24) is 19.9 Å². The molecule has 0 amide bonds. The van der Waals surface area contributed by atoms with E-state index in [0.29, 0.717) is 11.8 Å². The Labute approximate surface area is 136 Å². The molecule has 2 fully saturated rings. The Morgan fingerprint density at radius 1 is 1.00 bits per heavy atom. The molecule has 6 heteroatoms. The average Bonchev–Trinajstić information content (AvgIpc) is 3.14. The minimum absolute atomic E-state index is 0.696. The van der Waals surface area contributed by atoms with Crippen molar-refractivity contribution in [2.75, 3.05) is 38.2 Å². The molecule has 2 aromatic rings. The monoisotopic (exact) mass is 311 g/mol. The van der Waals surface area contributed by atoms with E-state index >= 15 is 0 Å². The van der Waals surface area contributed by atoms with Gasteiger partial charge in [-0.15, -0.1) is 0 Å². The van der Waals surface area contributed by atoms with Gasteiger partial charge in [-0.25, -0.2) is 15.0 Å². The van der Waals surface area contributed by atoms with Crippen LogP contribution in [-0.4, -0.2) is 53.1 Å². The van der Waals surface area contributed by atoms with Crippen LogP contribution in [0.1, 0.15) is 5.56 Å². The highest BCUT2D eigenvalue weighted by Gasteiger charge is 2.40. The Kier molecular flexibility index (Phi) is 3.83. The zero-order valence-electron chi connectivity index (χ0n) is 13.3. The Hall–Kier alpha value is -2.21. The zero-order valence-corrected chi connectivity index (χ0v) is 13.3. The molecule has 2 saturated heterocycles. The van der Waals surface area contributed by atoms with Gasteiger partial charge in [-0.05, 0) is 24.0 Å². The second-order valence-electron chi connectivity index (χ2n) is 6.34. The van der Waals surface area contributed by atoms with Crippen molar-refractivity contribution in [2.45, 2.75) is 6.54 Å². The third-order valence-electron chi connectivity index (χ3n) is 4.83. The van der Waals surface area contributed by atoms with Crippen molar-refractivity contribution in [3.8, 4) is 5.88 Å². The van der Waals surface area contributed by atoms with Crippen LogP contribution in [0.4, 0.5) is 5.95 Å². The van der Waals surface area contributed by atoms with Crippen molar-refractivity contribution < 1.29 is 4.74 Å². The summed E-state index contributed by atoms with van der Waals surface area (Å²) in [5.74, 6) is 2.99. The molecule has 0 unspecified atom stereocenters. The second-order valence-corrected chi connectivity index (χ2v) is 6.34. The van der Waals surface area contributed by atoms with Crippen LogP contribution < -0.4 is 9.64 Å². The molecule has 4 heterocycles. The smallest absolute Gasteiger partial charge is 0.225 e. The first kappa shape index (κ1) is 14.4. The molecule has 120 valence electrons. The summed E-state index contributed by atoms with van der Waals surface area (Å²) >= 11 is 0. The molecule has 2 aromatic heterocycles. The largest absolute Gasteiger partial charge is 0.481 e. The minimum atomic E-state index is 0.696. The number of aromatic nitrogens is 3. The van der Waals surface area contributed by atoms with Crippen molar-refractivity contribution >= 4 is 5.95 Å². The first-order valence-corrected chi connectivity index (χ1v) is 8.05. The number of hydrogen-bond acceptors (Lipinski definition) is 6. The Morgan fingerprint density at radius 3 is 2.39 bits per heavy atom. The lowest BCUT2D eigenvalue weighted by atomic mass is 10.0. The lowest BCUT2D eigenvalue weighted by molar-refractivity contribution is 0.298. The van der Waals surface area contributed by atoms with Gasteiger partial charge in [-0.2, -0.15) is 0 Å². The summed E-state index contributed by atoms with van der Waals surface area (Å²) in [5.41, 5.74) is 1.17. The molecule has 0 N–H and O–H groups in total. The lowest BCUT2D eigenvalue weighted by Gasteiger charge is -2.21. The van der Waals surface area contributed by atoms with Crippen molar-refractivity contribution in [1.29, 1.82) is 0 Å². The number of likely N-dealkylation sites (tertiary alicyclic amines) is 1. The third kappa shape index (κ3) is 2.86. The number of methoxy groups -OCH3 is 1. The Morgan fingerprint density at radius 2 is 1.70 bits per heavy atom. The summed E-state index contributed by atoms with van der Waals surface area (Å²) in [6.45, 7) is 5.24. The molecule has 4 rings (SSSR count). The quantitative estimate of drug-likeness (QED) is 0.852. The van der Waals surface area contributed by atoms with Crippen molar-refractivity contribution in [3.05, 3.63) is 42.4 Å². The summed E-state index contributed by atoms with van der Waals surface area (Å²) in [5, 5.41) is 0. The van der Waals surface area contributed by atoms with Gasteiger partial charge in [0, 0.05) is 56.9 Å². The van der Waals surface area contributed by atoms with Gasteiger partial charge in [0.05, 0.1) is 7.11 Å². The summed E-state index contributed by atoms with van der Waals surface area (Å²) in [4.78, 5) is 17.9. The second kappa shape index (κ2) is 6.12. The van der Waals surface area contributed by atoms with Gasteiger partial charge in [0.2, 0.25) is 11.8 Å². The number of nitrogens with zero attached hydrogens (tertiary/aromatic N) is 5. The number of ether oxygens (including phenoxy) is 1. The van der Waals surface area contributed by atoms with E-state index in [4.69, 9.17) is 4.74 Å². The van der Waals surface area contributed by atoms with E-state index in [0.717, 1.165) is 44.6 Å². The molecular weight excluding hydrogens is 290 g/mol. The van der Waals surface area contributed by atoms with Crippen LogP contribution in [0.3, 0.4) is 0 Å². The predicted molar refractivity (Wildman–Crippen MR) is 87.3 cm³/mol.